The summed E-state index contributed by atoms with van der Waals surface area (Å²) in [6.45, 7) is 4.83. The molecule has 0 spiro atoms. The number of morpholine rings is 1. The molecule has 1 saturated heterocycles. The minimum absolute atomic E-state index is 0.264. The third kappa shape index (κ3) is 4.18. The molecule has 0 unspecified atom stereocenters. The highest BCUT2D eigenvalue weighted by Gasteiger charge is 2.27. The van der Waals surface area contributed by atoms with Crippen molar-refractivity contribution in [2.24, 2.45) is 0 Å². The second kappa shape index (κ2) is 7.41. The highest BCUT2D eigenvalue weighted by molar-refractivity contribution is 6.30. The van der Waals surface area contributed by atoms with E-state index in [9.17, 15) is 10.1 Å². The molecule has 1 aliphatic heterocycles. The SMILES string of the molecule is CCN1CCO[C@H](C(=O)N[C@H](C#N)c2cccc(Cl)c2)C1. The van der Waals surface area contributed by atoms with E-state index in [2.05, 4.69) is 16.3 Å². The largest absolute Gasteiger partial charge is 0.366 e. The Bertz CT molecular complexity index is 544. The molecule has 2 rings (SSSR count). The van der Waals surface area contributed by atoms with Crippen molar-refractivity contribution in [1.82, 2.24) is 10.2 Å². The van der Waals surface area contributed by atoms with E-state index in [1.54, 1.807) is 24.3 Å². The van der Waals surface area contributed by atoms with E-state index in [-0.39, 0.29) is 5.91 Å². The Morgan fingerprint density at radius 1 is 1.67 bits per heavy atom. The van der Waals surface area contributed by atoms with Crippen LogP contribution in [0.3, 0.4) is 0 Å². The van der Waals surface area contributed by atoms with Crippen LogP contribution in [0, 0.1) is 11.3 Å². The number of amides is 1. The molecule has 0 saturated carbocycles. The Hall–Kier alpha value is -1.61. The van der Waals surface area contributed by atoms with Crippen molar-refractivity contribution in [3.63, 3.8) is 0 Å². The summed E-state index contributed by atoms with van der Waals surface area (Å²) in [5.41, 5.74) is 0.668. The number of hydrogen-bond donors (Lipinski definition) is 1. The van der Waals surface area contributed by atoms with Crippen molar-refractivity contribution < 1.29 is 9.53 Å². The van der Waals surface area contributed by atoms with Gasteiger partial charge in [0.05, 0.1) is 12.7 Å². The van der Waals surface area contributed by atoms with Gasteiger partial charge in [-0.25, -0.2) is 0 Å². The van der Waals surface area contributed by atoms with Gasteiger partial charge in [-0.15, -0.1) is 0 Å². The van der Waals surface area contributed by atoms with Gasteiger partial charge in [0.15, 0.2) is 0 Å². The first-order chi connectivity index (χ1) is 10.1. The van der Waals surface area contributed by atoms with Crippen molar-refractivity contribution in [2.45, 2.75) is 19.1 Å². The third-order valence-electron chi connectivity index (χ3n) is 3.49. The average Bonchev–Trinajstić information content (AvgIpc) is 2.52. The van der Waals surface area contributed by atoms with Gasteiger partial charge < -0.3 is 10.1 Å². The number of nitrogens with one attached hydrogen (secondary N) is 1. The zero-order valence-electron chi connectivity index (χ0n) is 11.9. The predicted octanol–water partition coefficient (Wildman–Crippen LogP) is 1.74. The number of halogens is 1. The minimum atomic E-state index is -0.725. The topological polar surface area (TPSA) is 65.4 Å². The summed E-state index contributed by atoms with van der Waals surface area (Å²) in [5.74, 6) is -0.264. The van der Waals surface area contributed by atoms with E-state index in [0.29, 0.717) is 23.7 Å². The lowest BCUT2D eigenvalue weighted by Crippen LogP contribution is -2.50. The maximum Gasteiger partial charge on any atom is 0.251 e. The van der Waals surface area contributed by atoms with Gasteiger partial charge >= 0.3 is 0 Å². The van der Waals surface area contributed by atoms with Crippen LogP contribution in [0.5, 0.6) is 0 Å². The fourth-order valence-corrected chi connectivity index (χ4v) is 2.46. The summed E-state index contributed by atoms with van der Waals surface area (Å²) < 4.78 is 5.49. The molecule has 1 aromatic rings. The van der Waals surface area contributed by atoms with Gasteiger partial charge in [0, 0.05) is 18.1 Å². The van der Waals surface area contributed by atoms with Crippen LogP contribution in [-0.2, 0) is 9.53 Å². The van der Waals surface area contributed by atoms with Crippen molar-refractivity contribution in [2.75, 3.05) is 26.2 Å². The monoisotopic (exact) mass is 307 g/mol. The van der Waals surface area contributed by atoms with Crippen LogP contribution >= 0.6 is 11.6 Å². The number of hydrogen-bond acceptors (Lipinski definition) is 4. The molecule has 2 atom stereocenters. The maximum absolute atomic E-state index is 12.2. The Labute approximate surface area is 129 Å². The van der Waals surface area contributed by atoms with Gasteiger partial charge in [-0.2, -0.15) is 5.26 Å². The molecule has 0 radical (unpaired) electrons. The second-order valence-electron chi connectivity index (χ2n) is 4.88. The fraction of sp³-hybridized carbons (Fsp3) is 0.467. The van der Waals surface area contributed by atoms with Crippen LogP contribution in [0.15, 0.2) is 24.3 Å². The van der Waals surface area contributed by atoms with Gasteiger partial charge in [-0.05, 0) is 24.2 Å². The lowest BCUT2D eigenvalue weighted by molar-refractivity contribution is -0.138. The van der Waals surface area contributed by atoms with Gasteiger partial charge in [-0.1, -0.05) is 30.7 Å². The molecule has 6 heteroatoms. The Morgan fingerprint density at radius 3 is 3.14 bits per heavy atom. The molecule has 5 nitrogen and oxygen atoms in total. The van der Waals surface area contributed by atoms with Crippen molar-refractivity contribution in [3.8, 4) is 6.07 Å². The molecular formula is C15H18ClN3O2. The summed E-state index contributed by atoms with van der Waals surface area (Å²) in [5, 5.41) is 12.5. The normalized spacial score (nSPS) is 20.5. The quantitative estimate of drug-likeness (QED) is 0.920. The molecule has 21 heavy (non-hydrogen) atoms. The number of likely N-dealkylation sites (N-methyl/N-ethyl adjacent to an activating group) is 1. The van der Waals surface area contributed by atoms with E-state index < -0.39 is 12.1 Å². The maximum atomic E-state index is 12.2. The van der Waals surface area contributed by atoms with Gasteiger partial charge in [0.25, 0.3) is 5.91 Å². The van der Waals surface area contributed by atoms with E-state index >= 15 is 0 Å². The van der Waals surface area contributed by atoms with Crippen molar-refractivity contribution in [3.05, 3.63) is 34.9 Å². The summed E-state index contributed by atoms with van der Waals surface area (Å²) in [6.07, 6.45) is -0.534. The summed E-state index contributed by atoms with van der Waals surface area (Å²) in [7, 11) is 0. The lowest BCUT2D eigenvalue weighted by Gasteiger charge is -2.31. The van der Waals surface area contributed by atoms with Gasteiger partial charge in [0.2, 0.25) is 0 Å². The fourth-order valence-electron chi connectivity index (χ4n) is 2.26. The zero-order valence-corrected chi connectivity index (χ0v) is 12.6. The summed E-state index contributed by atoms with van der Waals surface area (Å²) >= 11 is 5.92. The Balaban J connectivity index is 2.01. The Morgan fingerprint density at radius 2 is 2.48 bits per heavy atom. The molecule has 112 valence electrons. The third-order valence-corrected chi connectivity index (χ3v) is 3.72. The number of carbonyl (C=O) groups excluding carboxylic acids is 1. The van der Waals surface area contributed by atoms with Crippen LogP contribution < -0.4 is 5.32 Å². The first-order valence-electron chi connectivity index (χ1n) is 6.93. The molecule has 1 fully saturated rings. The Kier molecular flexibility index (Phi) is 5.57. The molecule has 0 aromatic heterocycles. The van der Waals surface area contributed by atoms with Crippen LogP contribution in [-0.4, -0.2) is 43.2 Å². The van der Waals surface area contributed by atoms with E-state index in [1.807, 2.05) is 6.92 Å². The van der Waals surface area contributed by atoms with Crippen LogP contribution in [0.4, 0.5) is 0 Å². The molecule has 1 aromatic carbocycles. The van der Waals surface area contributed by atoms with Crippen molar-refractivity contribution in [1.29, 1.82) is 5.26 Å². The predicted molar refractivity (Wildman–Crippen MR) is 79.8 cm³/mol. The summed E-state index contributed by atoms with van der Waals surface area (Å²) in [4.78, 5) is 14.4. The molecule has 1 N–H and O–H groups in total. The molecule has 0 aliphatic carbocycles. The smallest absolute Gasteiger partial charge is 0.251 e. The van der Waals surface area contributed by atoms with E-state index in [0.717, 1.165) is 13.1 Å². The number of ether oxygens (including phenoxy) is 1. The van der Waals surface area contributed by atoms with Crippen molar-refractivity contribution >= 4 is 17.5 Å². The second-order valence-corrected chi connectivity index (χ2v) is 5.31. The number of nitriles is 1. The zero-order chi connectivity index (χ0) is 15.2. The molecular weight excluding hydrogens is 290 g/mol. The standard InChI is InChI=1S/C15H18ClN3O2/c1-2-19-6-7-21-14(10-19)15(20)18-13(9-17)11-4-3-5-12(16)8-11/h3-5,8,13-14H,2,6-7,10H2,1H3,(H,18,20)/t13-,14+/m1/s1. The van der Waals surface area contributed by atoms with E-state index in [4.69, 9.17) is 16.3 Å². The van der Waals surface area contributed by atoms with Gasteiger partial charge in [-0.3, -0.25) is 9.69 Å². The molecule has 0 bridgehead atoms. The summed E-state index contributed by atoms with van der Waals surface area (Å²) in [6, 6.07) is 8.28. The average molecular weight is 308 g/mol. The highest BCUT2D eigenvalue weighted by atomic mass is 35.5. The number of carbonyl (C=O) groups is 1. The molecule has 1 aliphatic rings. The minimum Gasteiger partial charge on any atom is -0.366 e. The number of nitrogens with zero attached hydrogens (tertiary/aromatic N) is 2. The number of rotatable bonds is 4. The van der Waals surface area contributed by atoms with Crippen LogP contribution in [0.25, 0.3) is 0 Å². The molecule has 1 amide bonds. The lowest BCUT2D eigenvalue weighted by atomic mass is 10.1. The first-order valence-corrected chi connectivity index (χ1v) is 7.31. The number of benzene rings is 1. The first kappa shape index (κ1) is 15.8. The van der Waals surface area contributed by atoms with Crippen LogP contribution in [0.1, 0.15) is 18.5 Å². The highest BCUT2D eigenvalue weighted by Crippen LogP contribution is 2.18. The van der Waals surface area contributed by atoms with Crippen LogP contribution in [0.2, 0.25) is 5.02 Å². The van der Waals surface area contributed by atoms with E-state index in [1.165, 1.54) is 0 Å². The molecule has 1 heterocycles. The van der Waals surface area contributed by atoms with Gasteiger partial charge in [0.1, 0.15) is 12.1 Å².